The van der Waals surface area contributed by atoms with Crippen LogP contribution >= 0.6 is 15.9 Å². The summed E-state index contributed by atoms with van der Waals surface area (Å²) in [5.74, 6) is -0.0337. The zero-order valence-corrected chi connectivity index (χ0v) is 12.3. The van der Waals surface area contributed by atoms with Crippen molar-refractivity contribution < 1.29 is 9.53 Å². The van der Waals surface area contributed by atoms with E-state index in [1.165, 1.54) is 0 Å². The molecular formula is C14H18BrNO2. The Morgan fingerprint density at radius 1 is 1.56 bits per heavy atom. The summed E-state index contributed by atoms with van der Waals surface area (Å²) in [6.07, 6.45) is 2.27. The summed E-state index contributed by atoms with van der Waals surface area (Å²) in [5, 5.41) is 3.01. The van der Waals surface area contributed by atoms with Gasteiger partial charge < -0.3 is 10.1 Å². The van der Waals surface area contributed by atoms with E-state index in [0.29, 0.717) is 5.56 Å². The maximum absolute atomic E-state index is 12.1. The van der Waals surface area contributed by atoms with Gasteiger partial charge in [0.05, 0.1) is 12.1 Å². The molecule has 1 amide bonds. The number of hydrogen-bond acceptors (Lipinski definition) is 2. The molecule has 0 radical (unpaired) electrons. The fraction of sp³-hybridized carbons (Fsp3) is 0.500. The first-order chi connectivity index (χ1) is 8.58. The Morgan fingerprint density at radius 3 is 2.94 bits per heavy atom. The summed E-state index contributed by atoms with van der Waals surface area (Å²) in [6.45, 7) is 4.78. The first-order valence-corrected chi connectivity index (χ1v) is 7.06. The van der Waals surface area contributed by atoms with Crippen molar-refractivity contribution in [3.63, 3.8) is 0 Å². The van der Waals surface area contributed by atoms with Crippen LogP contribution < -0.4 is 5.32 Å². The Kier molecular flexibility index (Phi) is 4.40. The van der Waals surface area contributed by atoms with Crippen molar-refractivity contribution in [1.82, 2.24) is 5.32 Å². The van der Waals surface area contributed by atoms with Crippen LogP contribution in [0.3, 0.4) is 0 Å². The summed E-state index contributed by atoms with van der Waals surface area (Å²) in [5.41, 5.74) is 1.76. The van der Waals surface area contributed by atoms with Crippen molar-refractivity contribution in [2.24, 2.45) is 0 Å². The van der Waals surface area contributed by atoms with E-state index in [9.17, 15) is 4.79 Å². The van der Waals surface area contributed by atoms with Crippen LogP contribution in [0.5, 0.6) is 0 Å². The van der Waals surface area contributed by atoms with Gasteiger partial charge in [-0.1, -0.05) is 15.9 Å². The standard InChI is InChI=1S/C14H18BrNO2/c1-9-8-11(5-6-12(9)15)14(17)16-10(2)13-4-3-7-18-13/h5-6,8,10,13H,3-4,7H2,1-2H3,(H,16,17). The van der Waals surface area contributed by atoms with Gasteiger partial charge in [-0.3, -0.25) is 4.79 Å². The van der Waals surface area contributed by atoms with Crippen LogP contribution in [0.1, 0.15) is 35.7 Å². The molecule has 18 heavy (non-hydrogen) atoms. The van der Waals surface area contributed by atoms with Crippen molar-refractivity contribution >= 4 is 21.8 Å². The Labute approximate surface area is 116 Å². The SMILES string of the molecule is Cc1cc(C(=O)NC(C)C2CCCO2)ccc1Br. The number of rotatable bonds is 3. The molecule has 1 fully saturated rings. The monoisotopic (exact) mass is 311 g/mol. The highest BCUT2D eigenvalue weighted by Gasteiger charge is 2.23. The lowest BCUT2D eigenvalue weighted by atomic mass is 10.1. The largest absolute Gasteiger partial charge is 0.376 e. The van der Waals surface area contributed by atoms with Gasteiger partial charge in [0, 0.05) is 16.6 Å². The first-order valence-electron chi connectivity index (χ1n) is 6.26. The van der Waals surface area contributed by atoms with E-state index in [1.54, 1.807) is 0 Å². The number of carbonyl (C=O) groups excluding carboxylic acids is 1. The summed E-state index contributed by atoms with van der Waals surface area (Å²) < 4.78 is 6.59. The van der Waals surface area contributed by atoms with E-state index < -0.39 is 0 Å². The second-order valence-electron chi connectivity index (χ2n) is 4.78. The lowest BCUT2D eigenvalue weighted by Gasteiger charge is -2.20. The highest BCUT2D eigenvalue weighted by molar-refractivity contribution is 9.10. The molecule has 0 aliphatic carbocycles. The van der Waals surface area contributed by atoms with Crippen molar-refractivity contribution in [3.8, 4) is 0 Å². The first kappa shape index (κ1) is 13.6. The molecular weight excluding hydrogens is 294 g/mol. The predicted octanol–water partition coefficient (Wildman–Crippen LogP) is 3.05. The van der Waals surface area contributed by atoms with Gasteiger partial charge >= 0.3 is 0 Å². The van der Waals surface area contributed by atoms with Gasteiger partial charge in [0.25, 0.3) is 5.91 Å². The van der Waals surface area contributed by atoms with Gasteiger partial charge in [0.15, 0.2) is 0 Å². The second-order valence-corrected chi connectivity index (χ2v) is 5.63. The van der Waals surface area contributed by atoms with Gasteiger partial charge in [-0.15, -0.1) is 0 Å². The third-order valence-electron chi connectivity index (χ3n) is 3.30. The van der Waals surface area contributed by atoms with Crippen LogP contribution in [0.25, 0.3) is 0 Å². The lowest BCUT2D eigenvalue weighted by molar-refractivity contribution is 0.0712. The molecule has 1 aliphatic heterocycles. The molecule has 1 aromatic carbocycles. The van der Waals surface area contributed by atoms with Crippen LogP contribution in [0, 0.1) is 6.92 Å². The molecule has 1 N–H and O–H groups in total. The minimum atomic E-state index is -0.0337. The van der Waals surface area contributed by atoms with Crippen LogP contribution in [0.4, 0.5) is 0 Å². The zero-order valence-electron chi connectivity index (χ0n) is 10.7. The molecule has 4 heteroatoms. The minimum Gasteiger partial charge on any atom is -0.376 e. The third kappa shape index (κ3) is 3.12. The Morgan fingerprint density at radius 2 is 2.33 bits per heavy atom. The molecule has 1 heterocycles. The molecule has 3 nitrogen and oxygen atoms in total. The number of carbonyl (C=O) groups is 1. The van der Waals surface area contributed by atoms with Crippen LogP contribution in [0.15, 0.2) is 22.7 Å². The lowest BCUT2D eigenvalue weighted by Crippen LogP contribution is -2.40. The fourth-order valence-corrected chi connectivity index (χ4v) is 2.41. The van der Waals surface area contributed by atoms with E-state index >= 15 is 0 Å². The molecule has 1 saturated heterocycles. The van der Waals surface area contributed by atoms with Gasteiger partial charge in [0.2, 0.25) is 0 Å². The van der Waals surface area contributed by atoms with E-state index in [4.69, 9.17) is 4.74 Å². The smallest absolute Gasteiger partial charge is 0.251 e. The molecule has 0 saturated carbocycles. The minimum absolute atomic E-state index is 0.0337. The highest BCUT2D eigenvalue weighted by Crippen LogP contribution is 2.18. The summed E-state index contributed by atoms with van der Waals surface area (Å²) in [4.78, 5) is 12.1. The number of amides is 1. The normalized spacial score (nSPS) is 20.7. The molecule has 2 atom stereocenters. The Bertz CT molecular complexity index is 441. The number of benzene rings is 1. The topological polar surface area (TPSA) is 38.3 Å². The Hall–Kier alpha value is -0.870. The molecule has 0 spiro atoms. The highest BCUT2D eigenvalue weighted by atomic mass is 79.9. The van der Waals surface area contributed by atoms with Gasteiger partial charge in [-0.2, -0.15) is 0 Å². The third-order valence-corrected chi connectivity index (χ3v) is 4.19. The number of aryl methyl sites for hydroxylation is 1. The van der Waals surface area contributed by atoms with E-state index in [0.717, 1.165) is 29.5 Å². The van der Waals surface area contributed by atoms with Crippen LogP contribution in [-0.2, 0) is 4.74 Å². The van der Waals surface area contributed by atoms with Crippen molar-refractivity contribution in [2.75, 3.05) is 6.61 Å². The number of hydrogen-bond donors (Lipinski definition) is 1. The molecule has 2 rings (SSSR count). The van der Waals surface area contributed by atoms with Crippen molar-refractivity contribution in [1.29, 1.82) is 0 Å². The van der Waals surface area contributed by atoms with E-state index in [1.807, 2.05) is 32.0 Å². The van der Waals surface area contributed by atoms with Crippen LogP contribution in [-0.4, -0.2) is 24.7 Å². The maximum atomic E-state index is 12.1. The average molecular weight is 312 g/mol. The van der Waals surface area contributed by atoms with Gasteiger partial charge in [-0.05, 0) is 50.5 Å². The molecule has 1 aliphatic rings. The summed E-state index contributed by atoms with van der Waals surface area (Å²) >= 11 is 3.43. The van der Waals surface area contributed by atoms with Crippen molar-refractivity contribution in [2.45, 2.75) is 38.8 Å². The number of nitrogens with one attached hydrogen (secondary N) is 1. The number of halogens is 1. The van der Waals surface area contributed by atoms with E-state index in [-0.39, 0.29) is 18.1 Å². The average Bonchev–Trinajstić information content (AvgIpc) is 2.86. The molecule has 1 aromatic rings. The molecule has 0 aromatic heterocycles. The number of ether oxygens (including phenoxy) is 1. The zero-order chi connectivity index (χ0) is 13.1. The Balaban J connectivity index is 2.00. The summed E-state index contributed by atoms with van der Waals surface area (Å²) in [7, 11) is 0. The predicted molar refractivity (Wildman–Crippen MR) is 74.8 cm³/mol. The quantitative estimate of drug-likeness (QED) is 0.931. The maximum Gasteiger partial charge on any atom is 0.251 e. The fourth-order valence-electron chi connectivity index (χ4n) is 2.17. The van der Waals surface area contributed by atoms with Gasteiger partial charge in [0.1, 0.15) is 0 Å². The van der Waals surface area contributed by atoms with E-state index in [2.05, 4.69) is 21.2 Å². The van der Waals surface area contributed by atoms with Gasteiger partial charge in [-0.25, -0.2) is 0 Å². The van der Waals surface area contributed by atoms with Crippen molar-refractivity contribution in [3.05, 3.63) is 33.8 Å². The molecule has 0 bridgehead atoms. The molecule has 2 unspecified atom stereocenters. The second kappa shape index (κ2) is 5.85. The summed E-state index contributed by atoms with van der Waals surface area (Å²) in [6, 6.07) is 5.68. The molecule has 98 valence electrons. The van der Waals surface area contributed by atoms with Crippen LogP contribution in [0.2, 0.25) is 0 Å².